The molecule has 5 heteroatoms. The maximum atomic E-state index is 12.9. The van der Waals surface area contributed by atoms with Crippen LogP contribution in [0.4, 0.5) is 5.69 Å². The van der Waals surface area contributed by atoms with E-state index in [1.165, 1.54) is 30.4 Å². The summed E-state index contributed by atoms with van der Waals surface area (Å²) in [5.41, 5.74) is 6.54. The maximum Gasteiger partial charge on any atom is 0.324 e. The number of nitrogens with zero attached hydrogens (tertiary/aromatic N) is 2. The Morgan fingerprint density at radius 3 is 2.14 bits per heavy atom. The zero-order valence-corrected chi connectivity index (χ0v) is 23.8. The molecule has 1 aliphatic heterocycles. The monoisotopic (exact) mass is 504 g/mol. The molecular weight excluding hydrogens is 460 g/mol. The third-order valence-electron chi connectivity index (χ3n) is 7.08. The Morgan fingerprint density at radius 2 is 1.59 bits per heavy atom. The highest BCUT2D eigenvalue weighted by atomic mass is 16.5. The van der Waals surface area contributed by atoms with Crippen molar-refractivity contribution in [3.63, 3.8) is 0 Å². The van der Waals surface area contributed by atoms with E-state index in [1.807, 2.05) is 13.8 Å². The van der Waals surface area contributed by atoms with Crippen LogP contribution in [0.15, 0.2) is 41.4 Å². The van der Waals surface area contributed by atoms with Gasteiger partial charge < -0.3 is 9.64 Å². The van der Waals surface area contributed by atoms with E-state index in [4.69, 9.17) is 9.73 Å². The first kappa shape index (κ1) is 28.6. The van der Waals surface area contributed by atoms with Crippen LogP contribution < -0.4 is 0 Å². The number of cyclic esters (lactones) is 1. The van der Waals surface area contributed by atoms with Crippen molar-refractivity contribution in [2.45, 2.75) is 92.5 Å². The van der Waals surface area contributed by atoms with Crippen LogP contribution >= 0.6 is 0 Å². The summed E-state index contributed by atoms with van der Waals surface area (Å²) in [5, 5.41) is 0. The van der Waals surface area contributed by atoms with Gasteiger partial charge in [0.25, 0.3) is 0 Å². The molecule has 200 valence electrons. The van der Waals surface area contributed by atoms with Gasteiger partial charge in [0.1, 0.15) is 5.84 Å². The van der Waals surface area contributed by atoms with Crippen molar-refractivity contribution < 1.29 is 14.3 Å². The number of hydrogen-bond acceptors (Lipinski definition) is 4. The number of aryl methyl sites for hydroxylation is 3. The summed E-state index contributed by atoms with van der Waals surface area (Å²) < 4.78 is 5.19. The summed E-state index contributed by atoms with van der Waals surface area (Å²) in [6.07, 6.45) is 5.65. The Morgan fingerprint density at radius 1 is 0.973 bits per heavy atom. The number of unbranched alkanes of at least 4 members (excludes halogenated alkanes) is 4. The van der Waals surface area contributed by atoms with Gasteiger partial charge in [-0.05, 0) is 54.9 Å². The van der Waals surface area contributed by atoms with Crippen LogP contribution in [0, 0.1) is 26.7 Å². The summed E-state index contributed by atoms with van der Waals surface area (Å²) >= 11 is 0. The molecule has 37 heavy (non-hydrogen) atoms. The van der Waals surface area contributed by atoms with E-state index < -0.39 is 11.9 Å². The first-order valence-electron chi connectivity index (χ1n) is 13.7. The molecule has 0 spiro atoms. The number of rotatable bonds is 10. The number of carbonyl (C=O) groups is 2. The average Bonchev–Trinajstić information content (AvgIpc) is 3.15. The summed E-state index contributed by atoms with van der Waals surface area (Å²) in [4.78, 5) is 32.9. The minimum absolute atomic E-state index is 0.0740. The van der Waals surface area contributed by atoms with Crippen LogP contribution in [-0.2, 0) is 26.3 Å². The first-order valence-corrected chi connectivity index (χ1v) is 13.7. The van der Waals surface area contributed by atoms with E-state index in [0.717, 1.165) is 41.8 Å². The van der Waals surface area contributed by atoms with Crippen molar-refractivity contribution in [2.24, 2.45) is 10.9 Å². The van der Waals surface area contributed by atoms with Crippen LogP contribution in [0.2, 0.25) is 0 Å². The van der Waals surface area contributed by atoms with Crippen molar-refractivity contribution >= 4 is 23.3 Å². The molecule has 0 saturated carbocycles. The minimum atomic E-state index is -0.982. The van der Waals surface area contributed by atoms with E-state index in [-0.39, 0.29) is 17.8 Å². The lowest BCUT2D eigenvalue weighted by molar-refractivity contribution is -0.139. The Balaban J connectivity index is 2.04. The summed E-state index contributed by atoms with van der Waals surface area (Å²) in [6, 6.07) is 12.8. The molecule has 0 radical (unpaired) electrons. The second kappa shape index (κ2) is 12.5. The molecule has 0 amide bonds. The fourth-order valence-corrected chi connectivity index (χ4v) is 4.98. The largest absolute Gasteiger partial charge is 0.457 e. The van der Waals surface area contributed by atoms with Gasteiger partial charge in [0.2, 0.25) is 0 Å². The zero-order valence-electron chi connectivity index (χ0n) is 23.8. The van der Waals surface area contributed by atoms with Crippen LogP contribution in [0.5, 0.6) is 0 Å². The highest BCUT2D eigenvalue weighted by Crippen LogP contribution is 2.29. The number of aliphatic imine (C=N–C) groups is 1. The van der Waals surface area contributed by atoms with E-state index in [9.17, 15) is 9.59 Å². The Kier molecular flexibility index (Phi) is 9.69. The summed E-state index contributed by atoms with van der Waals surface area (Å²) in [7, 11) is 0. The molecule has 5 nitrogen and oxygen atoms in total. The molecule has 0 aromatic heterocycles. The van der Waals surface area contributed by atoms with E-state index in [0.29, 0.717) is 12.4 Å². The Hall–Kier alpha value is -2.95. The van der Waals surface area contributed by atoms with Crippen molar-refractivity contribution in [2.75, 3.05) is 13.2 Å². The molecule has 1 fully saturated rings. The number of Topliss-reactive ketones (excluding diaryl/α,β-unsaturated/α-hetero) is 1. The number of amidine groups is 1. The van der Waals surface area contributed by atoms with Gasteiger partial charge in [0, 0.05) is 13.1 Å². The van der Waals surface area contributed by atoms with E-state index >= 15 is 0 Å². The second-order valence-corrected chi connectivity index (χ2v) is 11.5. The second-order valence-electron chi connectivity index (χ2n) is 11.5. The van der Waals surface area contributed by atoms with Crippen LogP contribution in [0.25, 0.3) is 0 Å². The zero-order chi connectivity index (χ0) is 27.2. The minimum Gasteiger partial charge on any atom is -0.457 e. The van der Waals surface area contributed by atoms with Gasteiger partial charge >= 0.3 is 5.97 Å². The molecule has 3 rings (SSSR count). The lowest BCUT2D eigenvalue weighted by atomic mass is 9.86. The predicted molar refractivity (Wildman–Crippen MR) is 152 cm³/mol. The van der Waals surface area contributed by atoms with Crippen molar-refractivity contribution in [1.82, 2.24) is 4.90 Å². The van der Waals surface area contributed by atoms with Crippen molar-refractivity contribution in [3.05, 3.63) is 64.2 Å². The lowest BCUT2D eigenvalue weighted by Gasteiger charge is -2.29. The third kappa shape index (κ3) is 7.53. The SMILES string of the molecule is CCCCCCCN(Cc1ccc(C(C)(C)C)cc1)C(=Nc1c(C)cc(C)cc1C)C1C(=O)COC1=O. The summed E-state index contributed by atoms with van der Waals surface area (Å²) in [6.45, 7) is 16.1. The first-order chi connectivity index (χ1) is 17.5. The number of hydrogen-bond donors (Lipinski definition) is 0. The quantitative estimate of drug-likeness (QED) is 0.113. The molecule has 1 unspecified atom stereocenters. The van der Waals surface area contributed by atoms with Crippen molar-refractivity contribution in [1.29, 1.82) is 0 Å². The summed E-state index contributed by atoms with van der Waals surface area (Å²) in [5.74, 6) is -1.18. The number of esters is 1. The van der Waals surface area contributed by atoms with Crippen LogP contribution in [0.1, 0.15) is 87.6 Å². The molecule has 1 aliphatic rings. The predicted octanol–water partition coefficient (Wildman–Crippen LogP) is 7.15. The van der Waals surface area contributed by atoms with Gasteiger partial charge in [-0.2, -0.15) is 0 Å². The standard InChI is InChI=1S/C32H44N2O3/c1-8-9-10-11-12-17-34(20-25-13-15-26(16-14-25)32(5,6)7)30(28-27(35)21-37-31(28)36)33-29-23(3)18-22(2)19-24(29)4/h13-16,18-19,28H,8-12,17,20-21H2,1-7H3. The molecule has 0 aliphatic carbocycles. The number of ether oxygens (including phenoxy) is 1. The Bertz CT molecular complexity index is 1090. The van der Waals surface area contributed by atoms with Gasteiger partial charge in [0.15, 0.2) is 18.3 Å². The lowest BCUT2D eigenvalue weighted by Crippen LogP contribution is -2.41. The highest BCUT2D eigenvalue weighted by Gasteiger charge is 2.42. The van der Waals surface area contributed by atoms with Gasteiger partial charge in [0.05, 0.1) is 5.69 Å². The van der Waals surface area contributed by atoms with Gasteiger partial charge in [-0.15, -0.1) is 0 Å². The molecule has 0 N–H and O–H groups in total. The molecule has 1 heterocycles. The van der Waals surface area contributed by atoms with Crippen molar-refractivity contribution in [3.8, 4) is 0 Å². The van der Waals surface area contributed by atoms with E-state index in [1.54, 1.807) is 0 Å². The van der Waals surface area contributed by atoms with Gasteiger partial charge in [-0.25, -0.2) is 4.99 Å². The normalized spacial score (nSPS) is 16.3. The molecule has 1 atom stereocenters. The van der Waals surface area contributed by atoms with Gasteiger partial charge in [-0.1, -0.05) is 95.3 Å². The fraction of sp³-hybridized carbons (Fsp3) is 0.531. The molecule has 2 aromatic carbocycles. The molecule has 0 bridgehead atoms. The van der Waals surface area contributed by atoms with Crippen LogP contribution in [0.3, 0.4) is 0 Å². The molecule has 2 aromatic rings. The third-order valence-corrected chi connectivity index (χ3v) is 7.08. The highest BCUT2D eigenvalue weighted by molar-refractivity contribution is 6.22. The molecular formula is C32H44N2O3. The Labute approximate surface area is 223 Å². The fourth-order valence-electron chi connectivity index (χ4n) is 4.98. The van der Waals surface area contributed by atoms with E-state index in [2.05, 4.69) is 75.9 Å². The number of benzene rings is 2. The number of ketones is 1. The smallest absolute Gasteiger partial charge is 0.324 e. The molecule has 1 saturated heterocycles. The maximum absolute atomic E-state index is 12.9. The van der Waals surface area contributed by atoms with Crippen LogP contribution in [-0.4, -0.2) is 35.6 Å². The topological polar surface area (TPSA) is 59.0 Å². The average molecular weight is 505 g/mol. The van der Waals surface area contributed by atoms with Gasteiger partial charge in [-0.3, -0.25) is 9.59 Å². The number of carbonyl (C=O) groups excluding carboxylic acids is 2.